The lowest BCUT2D eigenvalue weighted by molar-refractivity contribution is -0.438. The SMILES string of the molecule is C#CCCC[N+]1=C(/C=C/C2=C3Oc4cc(OC(C)=O)ccc4C=C3CCC2)C(C)(C)c2ccccc21.[I-]. The molecule has 2 heterocycles. The van der Waals surface area contributed by atoms with Crippen LogP contribution in [0.15, 0.2) is 71.5 Å². The number of rotatable bonds is 6. The highest BCUT2D eigenvalue weighted by molar-refractivity contribution is 6.03. The number of unbranched alkanes of at least 4 members (excludes halogenated alkanes) is 1. The maximum Gasteiger partial charge on any atom is 0.308 e. The van der Waals surface area contributed by atoms with E-state index < -0.39 is 0 Å². The number of hydrogen-bond acceptors (Lipinski definition) is 3. The smallest absolute Gasteiger partial charge is 0.308 e. The molecule has 0 amide bonds. The number of hydrogen-bond donors (Lipinski definition) is 0. The predicted molar refractivity (Wildman–Crippen MR) is 144 cm³/mol. The molecule has 2 aromatic carbocycles. The molecule has 0 N–H and O–H groups in total. The van der Waals surface area contributed by atoms with E-state index >= 15 is 0 Å². The zero-order valence-electron chi connectivity index (χ0n) is 21.6. The van der Waals surface area contributed by atoms with Crippen LogP contribution in [0.5, 0.6) is 11.5 Å². The van der Waals surface area contributed by atoms with Gasteiger partial charge in [0.05, 0.1) is 5.41 Å². The summed E-state index contributed by atoms with van der Waals surface area (Å²) in [5.41, 5.74) is 7.20. The molecule has 2 aromatic rings. The first-order valence-corrected chi connectivity index (χ1v) is 12.7. The van der Waals surface area contributed by atoms with E-state index in [1.807, 2.05) is 12.1 Å². The number of carbonyl (C=O) groups excluding carboxylic acids is 1. The highest BCUT2D eigenvalue weighted by atomic mass is 127. The molecule has 0 atom stereocenters. The summed E-state index contributed by atoms with van der Waals surface area (Å²) in [6, 6.07) is 14.2. The van der Waals surface area contributed by atoms with Crippen molar-refractivity contribution in [3.8, 4) is 23.8 Å². The minimum atomic E-state index is -0.341. The number of carbonyl (C=O) groups is 1. The summed E-state index contributed by atoms with van der Waals surface area (Å²) in [6.45, 7) is 6.88. The van der Waals surface area contributed by atoms with Crippen molar-refractivity contribution in [1.82, 2.24) is 0 Å². The molecule has 0 unspecified atom stereocenters. The number of halogens is 1. The summed E-state index contributed by atoms with van der Waals surface area (Å²) < 4.78 is 14.1. The Hall–Kier alpha value is -3.11. The Morgan fingerprint density at radius 1 is 1.19 bits per heavy atom. The van der Waals surface area contributed by atoms with Crippen LogP contribution in [0, 0.1) is 12.3 Å². The number of nitrogens with zero attached hydrogens (tertiary/aromatic N) is 1. The molecule has 0 saturated heterocycles. The average Bonchev–Trinajstić information content (AvgIpc) is 3.07. The molecule has 1 aliphatic carbocycles. The molecule has 2 aliphatic heterocycles. The molecule has 0 spiro atoms. The normalized spacial score (nSPS) is 17.2. The van der Waals surface area contributed by atoms with Gasteiger partial charge in [-0.15, -0.1) is 12.3 Å². The van der Waals surface area contributed by atoms with Gasteiger partial charge in [0.1, 0.15) is 23.8 Å². The Bertz CT molecular complexity index is 1400. The second-order valence-electron chi connectivity index (χ2n) is 10.1. The molecule has 0 saturated carbocycles. The van der Waals surface area contributed by atoms with E-state index in [1.54, 1.807) is 6.07 Å². The van der Waals surface area contributed by atoms with Crippen molar-refractivity contribution in [2.24, 2.45) is 0 Å². The zero-order chi connectivity index (χ0) is 25.3. The van der Waals surface area contributed by atoms with Gasteiger partial charge in [0.25, 0.3) is 0 Å². The van der Waals surface area contributed by atoms with Gasteiger partial charge in [-0.05, 0) is 68.5 Å². The first-order chi connectivity index (χ1) is 17.4. The van der Waals surface area contributed by atoms with E-state index in [0.717, 1.165) is 55.7 Å². The fourth-order valence-corrected chi connectivity index (χ4v) is 5.48. The standard InChI is InChI=1S/C32H32NO3.HI/c1-5-6-9-19-33-28-14-8-7-13-27(28)32(3,4)30(33)18-16-23-11-10-12-25-20-24-15-17-26(35-22(2)34)21-29(24)36-31(23)25;/h1,7-8,13-18,20-21H,6,9-12,19H2,2-4H3;1H/q+1;/p-1/b18-16+;. The van der Waals surface area contributed by atoms with Crippen LogP contribution in [-0.4, -0.2) is 22.8 Å². The van der Waals surface area contributed by atoms with Crippen molar-refractivity contribution >= 4 is 23.4 Å². The van der Waals surface area contributed by atoms with Gasteiger partial charge in [-0.3, -0.25) is 4.79 Å². The number of benzene rings is 2. The van der Waals surface area contributed by atoms with Crippen molar-refractivity contribution < 1.29 is 42.8 Å². The summed E-state index contributed by atoms with van der Waals surface area (Å²) in [5.74, 6) is 4.58. The molecule has 0 aromatic heterocycles. The summed E-state index contributed by atoms with van der Waals surface area (Å²) in [7, 11) is 0. The van der Waals surface area contributed by atoms with Gasteiger partial charge < -0.3 is 33.5 Å². The molecule has 0 fully saturated rings. The van der Waals surface area contributed by atoms with Gasteiger partial charge >= 0.3 is 5.97 Å². The molecule has 3 aliphatic rings. The largest absolute Gasteiger partial charge is 1.00 e. The van der Waals surface area contributed by atoms with Gasteiger partial charge in [0, 0.05) is 49.1 Å². The lowest BCUT2D eigenvalue weighted by Crippen LogP contribution is -3.00. The molecule has 190 valence electrons. The number of esters is 1. The Balaban J connectivity index is 0.00000320. The number of ether oxygens (including phenoxy) is 2. The van der Waals surface area contributed by atoms with Crippen LogP contribution >= 0.6 is 0 Å². The summed E-state index contributed by atoms with van der Waals surface area (Å²) in [6.07, 6.45) is 17.0. The lowest BCUT2D eigenvalue weighted by Gasteiger charge is -2.26. The van der Waals surface area contributed by atoms with E-state index in [-0.39, 0.29) is 35.4 Å². The van der Waals surface area contributed by atoms with Crippen LogP contribution in [-0.2, 0) is 10.2 Å². The molecular formula is C32H32INO3. The summed E-state index contributed by atoms with van der Waals surface area (Å²) >= 11 is 0. The number of allylic oxidation sites excluding steroid dienone is 4. The first-order valence-electron chi connectivity index (χ1n) is 12.7. The minimum Gasteiger partial charge on any atom is -1.00 e. The third-order valence-corrected chi connectivity index (χ3v) is 7.21. The van der Waals surface area contributed by atoms with Gasteiger partial charge in [-0.2, -0.15) is 4.58 Å². The van der Waals surface area contributed by atoms with Gasteiger partial charge in [-0.1, -0.05) is 18.2 Å². The van der Waals surface area contributed by atoms with Crippen LogP contribution in [0.2, 0.25) is 0 Å². The monoisotopic (exact) mass is 605 g/mol. The summed E-state index contributed by atoms with van der Waals surface area (Å²) in [5, 5.41) is 0. The highest BCUT2D eigenvalue weighted by Crippen LogP contribution is 2.42. The fraction of sp³-hybridized carbons (Fsp3) is 0.312. The highest BCUT2D eigenvalue weighted by Gasteiger charge is 2.43. The first kappa shape index (κ1) is 26.9. The van der Waals surface area contributed by atoms with E-state index in [4.69, 9.17) is 15.9 Å². The lowest BCUT2D eigenvalue weighted by atomic mass is 9.81. The molecule has 5 rings (SSSR count). The van der Waals surface area contributed by atoms with Gasteiger partial charge in [0.2, 0.25) is 5.69 Å². The molecular weight excluding hydrogens is 573 g/mol. The second-order valence-corrected chi connectivity index (χ2v) is 10.1. The number of para-hydroxylation sites is 1. The van der Waals surface area contributed by atoms with Crippen molar-refractivity contribution in [2.75, 3.05) is 6.54 Å². The molecule has 4 nitrogen and oxygen atoms in total. The van der Waals surface area contributed by atoms with E-state index in [9.17, 15) is 4.79 Å². The van der Waals surface area contributed by atoms with Crippen molar-refractivity contribution in [1.29, 1.82) is 0 Å². The molecule has 0 radical (unpaired) electrons. The maximum absolute atomic E-state index is 11.4. The number of terminal acetylenes is 1. The van der Waals surface area contributed by atoms with Crippen molar-refractivity contribution in [3.05, 3.63) is 82.6 Å². The van der Waals surface area contributed by atoms with Gasteiger partial charge in [-0.25, -0.2) is 0 Å². The fourth-order valence-electron chi connectivity index (χ4n) is 5.48. The summed E-state index contributed by atoms with van der Waals surface area (Å²) in [4.78, 5) is 11.4. The Morgan fingerprint density at radius 2 is 2.00 bits per heavy atom. The Labute approximate surface area is 236 Å². The van der Waals surface area contributed by atoms with Crippen molar-refractivity contribution in [2.45, 2.75) is 58.3 Å². The van der Waals surface area contributed by atoms with Crippen LogP contribution in [0.3, 0.4) is 0 Å². The van der Waals surface area contributed by atoms with E-state index in [1.165, 1.54) is 35.0 Å². The van der Waals surface area contributed by atoms with E-state index in [2.05, 4.69) is 66.8 Å². The van der Waals surface area contributed by atoms with Crippen molar-refractivity contribution in [3.63, 3.8) is 0 Å². The second kappa shape index (κ2) is 11.1. The van der Waals surface area contributed by atoms with Crippen LogP contribution in [0.4, 0.5) is 5.69 Å². The Morgan fingerprint density at radius 3 is 2.78 bits per heavy atom. The molecule has 37 heavy (non-hydrogen) atoms. The minimum absolute atomic E-state index is 0. The zero-order valence-corrected chi connectivity index (χ0v) is 23.8. The van der Waals surface area contributed by atoms with Crippen LogP contribution in [0.25, 0.3) is 6.08 Å². The molecule has 5 heteroatoms. The average molecular weight is 606 g/mol. The third kappa shape index (κ3) is 5.31. The quantitative estimate of drug-likeness (QED) is 0.125. The van der Waals surface area contributed by atoms with E-state index in [0.29, 0.717) is 5.75 Å². The van der Waals surface area contributed by atoms with Crippen LogP contribution < -0.4 is 33.5 Å². The molecule has 0 bridgehead atoms. The third-order valence-electron chi connectivity index (χ3n) is 7.21. The maximum atomic E-state index is 11.4. The predicted octanol–water partition coefficient (Wildman–Crippen LogP) is 3.88. The topological polar surface area (TPSA) is 38.5 Å². The Kier molecular flexibility index (Phi) is 8.08. The van der Waals surface area contributed by atoms with Gasteiger partial charge in [0.15, 0.2) is 5.71 Å². The number of fused-ring (bicyclic) bond motifs is 3. The van der Waals surface area contributed by atoms with Crippen LogP contribution in [0.1, 0.15) is 64.0 Å².